The van der Waals surface area contributed by atoms with Crippen LogP contribution in [0, 0.1) is 17.3 Å². The Bertz CT molecular complexity index is 569. The van der Waals surface area contributed by atoms with Gasteiger partial charge < -0.3 is 10.1 Å². The zero-order valence-corrected chi connectivity index (χ0v) is 15.4. The van der Waals surface area contributed by atoms with E-state index in [1.807, 2.05) is 0 Å². The van der Waals surface area contributed by atoms with Gasteiger partial charge in [0.1, 0.15) is 0 Å². The molecule has 0 aliphatic heterocycles. The van der Waals surface area contributed by atoms with Gasteiger partial charge in [0.15, 0.2) is 6.61 Å². The van der Waals surface area contributed by atoms with Gasteiger partial charge in [0.05, 0.1) is 5.92 Å². The molecule has 0 aromatic heterocycles. The molecule has 4 nitrogen and oxygen atoms in total. The quantitative estimate of drug-likeness (QED) is 0.801. The summed E-state index contributed by atoms with van der Waals surface area (Å²) in [6.07, 6.45) is 3.78. The highest BCUT2D eigenvalue weighted by Crippen LogP contribution is 2.40. The number of benzene rings is 1. The van der Waals surface area contributed by atoms with E-state index in [0.717, 1.165) is 25.7 Å². The number of rotatable bonds is 4. The highest BCUT2D eigenvalue weighted by Gasteiger charge is 2.33. The van der Waals surface area contributed by atoms with E-state index >= 15 is 0 Å². The number of ether oxygens (including phenoxy) is 1. The SMILES string of the molecule is CC(C)(C)C1CCC(C(=O)OCC(=O)Nc2ccc(Cl)cc2)CC1. The summed E-state index contributed by atoms with van der Waals surface area (Å²) in [6.45, 7) is 6.49. The lowest BCUT2D eigenvalue weighted by Crippen LogP contribution is -2.31. The Hall–Kier alpha value is -1.55. The molecule has 2 rings (SSSR count). The molecule has 1 aromatic rings. The second kappa shape index (κ2) is 8.02. The van der Waals surface area contributed by atoms with E-state index in [-0.39, 0.29) is 29.8 Å². The molecule has 0 heterocycles. The van der Waals surface area contributed by atoms with Crippen LogP contribution >= 0.6 is 11.6 Å². The number of carbonyl (C=O) groups excluding carboxylic acids is 2. The molecule has 0 radical (unpaired) electrons. The summed E-state index contributed by atoms with van der Waals surface area (Å²) < 4.78 is 5.18. The van der Waals surface area contributed by atoms with E-state index in [9.17, 15) is 9.59 Å². The minimum Gasteiger partial charge on any atom is -0.455 e. The van der Waals surface area contributed by atoms with E-state index in [1.54, 1.807) is 24.3 Å². The van der Waals surface area contributed by atoms with Crippen LogP contribution in [0.2, 0.25) is 5.02 Å². The normalized spacial score (nSPS) is 21.2. The van der Waals surface area contributed by atoms with Crippen LogP contribution in [0.3, 0.4) is 0 Å². The summed E-state index contributed by atoms with van der Waals surface area (Å²) in [7, 11) is 0. The van der Waals surface area contributed by atoms with Gasteiger partial charge in [0.25, 0.3) is 5.91 Å². The molecule has 0 atom stereocenters. The highest BCUT2D eigenvalue weighted by molar-refractivity contribution is 6.30. The second-order valence-corrected chi connectivity index (χ2v) is 8.01. The maximum absolute atomic E-state index is 12.1. The lowest BCUT2D eigenvalue weighted by molar-refractivity contribution is -0.153. The topological polar surface area (TPSA) is 55.4 Å². The zero-order chi connectivity index (χ0) is 17.7. The summed E-state index contributed by atoms with van der Waals surface area (Å²) in [6, 6.07) is 6.79. The van der Waals surface area contributed by atoms with Gasteiger partial charge in [-0.25, -0.2) is 0 Å². The molecular weight excluding hydrogens is 326 g/mol. The third-order valence-corrected chi connectivity index (χ3v) is 5.01. The fraction of sp³-hybridized carbons (Fsp3) is 0.579. The van der Waals surface area contributed by atoms with Crippen molar-refractivity contribution in [2.45, 2.75) is 46.5 Å². The van der Waals surface area contributed by atoms with Crippen LogP contribution in [0.15, 0.2) is 24.3 Å². The Morgan fingerprint density at radius 3 is 2.25 bits per heavy atom. The molecule has 5 heteroatoms. The average Bonchev–Trinajstić information content (AvgIpc) is 2.54. The third-order valence-electron chi connectivity index (χ3n) is 4.76. The second-order valence-electron chi connectivity index (χ2n) is 7.58. The van der Waals surface area contributed by atoms with Crippen molar-refractivity contribution in [2.24, 2.45) is 17.3 Å². The molecule has 132 valence electrons. The Kier molecular flexibility index (Phi) is 6.27. The first-order chi connectivity index (χ1) is 11.3. The van der Waals surface area contributed by atoms with Crippen molar-refractivity contribution in [3.8, 4) is 0 Å². The lowest BCUT2D eigenvalue weighted by Gasteiger charge is -2.36. The number of esters is 1. The van der Waals surface area contributed by atoms with Crippen molar-refractivity contribution in [2.75, 3.05) is 11.9 Å². The first-order valence-corrected chi connectivity index (χ1v) is 8.85. The molecule has 24 heavy (non-hydrogen) atoms. The van der Waals surface area contributed by atoms with Crippen LogP contribution in [-0.4, -0.2) is 18.5 Å². The fourth-order valence-electron chi connectivity index (χ4n) is 3.18. The van der Waals surface area contributed by atoms with Crippen molar-refractivity contribution < 1.29 is 14.3 Å². The molecule has 1 aromatic carbocycles. The molecule has 0 bridgehead atoms. The van der Waals surface area contributed by atoms with Gasteiger partial charge in [0.2, 0.25) is 0 Å². The van der Waals surface area contributed by atoms with Crippen molar-refractivity contribution in [3.63, 3.8) is 0 Å². The maximum atomic E-state index is 12.1. The van der Waals surface area contributed by atoms with Gasteiger partial charge >= 0.3 is 5.97 Å². The largest absolute Gasteiger partial charge is 0.455 e. The van der Waals surface area contributed by atoms with Gasteiger partial charge in [-0.1, -0.05) is 32.4 Å². The summed E-state index contributed by atoms with van der Waals surface area (Å²) in [5, 5.41) is 3.28. The summed E-state index contributed by atoms with van der Waals surface area (Å²) in [5.41, 5.74) is 0.916. The first kappa shape index (κ1) is 18.8. The number of hydrogen-bond donors (Lipinski definition) is 1. The van der Waals surface area contributed by atoms with Crippen LogP contribution in [0.4, 0.5) is 5.69 Å². The number of carbonyl (C=O) groups is 2. The molecule has 1 amide bonds. The summed E-state index contributed by atoms with van der Waals surface area (Å²) >= 11 is 5.79. The summed E-state index contributed by atoms with van der Waals surface area (Å²) in [5.74, 6) is -0.0237. The predicted octanol–water partition coefficient (Wildman–Crippen LogP) is 4.67. The maximum Gasteiger partial charge on any atom is 0.309 e. The highest BCUT2D eigenvalue weighted by atomic mass is 35.5. The van der Waals surface area contributed by atoms with E-state index in [1.165, 1.54) is 0 Å². The molecule has 1 saturated carbocycles. The minimum absolute atomic E-state index is 0.0769. The van der Waals surface area contributed by atoms with E-state index in [0.29, 0.717) is 16.6 Å². The van der Waals surface area contributed by atoms with Crippen molar-refractivity contribution in [1.82, 2.24) is 0 Å². The fourth-order valence-corrected chi connectivity index (χ4v) is 3.31. The molecule has 0 saturated heterocycles. The van der Waals surface area contributed by atoms with Gasteiger partial charge in [0, 0.05) is 10.7 Å². The number of hydrogen-bond acceptors (Lipinski definition) is 3. The smallest absolute Gasteiger partial charge is 0.309 e. The third kappa shape index (κ3) is 5.52. The van der Waals surface area contributed by atoms with E-state index in [4.69, 9.17) is 16.3 Å². The molecular formula is C19H26ClNO3. The molecule has 1 fully saturated rings. The van der Waals surface area contributed by atoms with Crippen molar-refractivity contribution in [1.29, 1.82) is 0 Å². The van der Waals surface area contributed by atoms with E-state index in [2.05, 4.69) is 26.1 Å². The van der Waals surface area contributed by atoms with Gasteiger partial charge in [-0.3, -0.25) is 9.59 Å². The lowest BCUT2D eigenvalue weighted by atomic mass is 9.70. The van der Waals surface area contributed by atoms with Crippen molar-refractivity contribution in [3.05, 3.63) is 29.3 Å². The van der Waals surface area contributed by atoms with Crippen molar-refractivity contribution >= 4 is 29.2 Å². The first-order valence-electron chi connectivity index (χ1n) is 8.48. The Labute approximate surface area is 148 Å². The predicted molar refractivity (Wildman–Crippen MR) is 95.9 cm³/mol. The summed E-state index contributed by atoms with van der Waals surface area (Å²) in [4.78, 5) is 24.0. The van der Waals surface area contributed by atoms with Gasteiger partial charge in [-0.05, 0) is 61.3 Å². The van der Waals surface area contributed by atoms with Crippen LogP contribution in [0.5, 0.6) is 0 Å². The van der Waals surface area contributed by atoms with Crippen LogP contribution in [0.1, 0.15) is 46.5 Å². The average molecular weight is 352 g/mol. The Morgan fingerprint density at radius 2 is 1.71 bits per heavy atom. The monoisotopic (exact) mass is 351 g/mol. The Morgan fingerprint density at radius 1 is 1.12 bits per heavy atom. The number of nitrogens with one attached hydrogen (secondary N) is 1. The number of anilines is 1. The molecule has 0 spiro atoms. The van der Waals surface area contributed by atoms with Gasteiger partial charge in [-0.2, -0.15) is 0 Å². The standard InChI is InChI=1S/C19H26ClNO3/c1-19(2,3)14-6-4-13(5-7-14)18(23)24-12-17(22)21-16-10-8-15(20)9-11-16/h8-11,13-14H,4-7,12H2,1-3H3,(H,21,22). The zero-order valence-electron chi connectivity index (χ0n) is 14.6. The Balaban J connectivity index is 1.73. The number of halogens is 1. The van der Waals surface area contributed by atoms with Crippen LogP contribution in [0.25, 0.3) is 0 Å². The van der Waals surface area contributed by atoms with Gasteiger partial charge in [-0.15, -0.1) is 0 Å². The number of amides is 1. The van der Waals surface area contributed by atoms with Crippen LogP contribution in [-0.2, 0) is 14.3 Å². The molecule has 1 aliphatic carbocycles. The molecule has 1 N–H and O–H groups in total. The molecule has 1 aliphatic rings. The van der Waals surface area contributed by atoms with Crippen LogP contribution < -0.4 is 5.32 Å². The van der Waals surface area contributed by atoms with E-state index < -0.39 is 0 Å². The minimum atomic E-state index is -0.339. The molecule has 0 unspecified atom stereocenters.